The van der Waals surface area contributed by atoms with Crippen molar-refractivity contribution in [3.8, 4) is 6.07 Å². The number of carbonyl (C=O) groups is 1. The van der Waals surface area contributed by atoms with E-state index in [1.807, 2.05) is 13.0 Å². The largest absolute Gasteiger partial charge is 0.325 e. The maximum atomic E-state index is 12.2. The lowest BCUT2D eigenvalue weighted by molar-refractivity contribution is -0.115. The molecule has 0 spiro atoms. The van der Waals surface area contributed by atoms with Crippen molar-refractivity contribution >= 4 is 46.5 Å². The Morgan fingerprint density at radius 1 is 1.36 bits per heavy atom. The summed E-state index contributed by atoms with van der Waals surface area (Å²) in [6, 6.07) is 8.82. The van der Waals surface area contributed by atoms with Gasteiger partial charge in [-0.05, 0) is 36.9 Å². The van der Waals surface area contributed by atoms with Crippen LogP contribution in [-0.4, -0.2) is 27.1 Å². The van der Waals surface area contributed by atoms with Crippen LogP contribution < -0.4 is 5.32 Å². The van der Waals surface area contributed by atoms with Crippen LogP contribution in [0.3, 0.4) is 0 Å². The van der Waals surface area contributed by atoms with E-state index in [0.717, 1.165) is 14.4 Å². The minimum atomic E-state index is -0.275. The summed E-state index contributed by atoms with van der Waals surface area (Å²) in [6.45, 7) is 3.89. The second kappa shape index (κ2) is 8.17. The van der Waals surface area contributed by atoms with Gasteiger partial charge < -0.3 is 5.32 Å². The van der Waals surface area contributed by atoms with Crippen molar-refractivity contribution in [2.45, 2.75) is 27.8 Å². The fourth-order valence-corrected chi connectivity index (χ4v) is 4.56. The Kier molecular flexibility index (Phi) is 6.24. The molecule has 2 rings (SSSR count). The van der Waals surface area contributed by atoms with Crippen LogP contribution in [0.4, 0.5) is 5.69 Å². The number of hydrogen-bond acceptors (Lipinski definition) is 7. The first-order valence-corrected chi connectivity index (χ1v) is 9.24. The number of nitrogens with one attached hydrogen (secondary N) is 1. The Morgan fingerprint density at radius 3 is 2.68 bits per heavy atom. The molecule has 0 aliphatic carbocycles. The summed E-state index contributed by atoms with van der Waals surface area (Å²) in [7, 11) is 0. The SMILES string of the molecule is CCSc1nnc(S[C@@H](C)C(=O)Nc2ccc(C#N)cc2)s1. The molecular weight excluding hydrogens is 336 g/mol. The Bertz CT molecular complexity index is 678. The van der Waals surface area contributed by atoms with E-state index in [1.54, 1.807) is 36.0 Å². The summed E-state index contributed by atoms with van der Waals surface area (Å²) in [5, 5.41) is 19.5. The van der Waals surface area contributed by atoms with Crippen molar-refractivity contribution in [2.24, 2.45) is 0 Å². The van der Waals surface area contributed by atoms with Crippen LogP contribution in [0.2, 0.25) is 0 Å². The first-order valence-electron chi connectivity index (χ1n) is 6.56. The monoisotopic (exact) mass is 350 g/mol. The third kappa shape index (κ3) is 4.73. The Hall–Kier alpha value is -1.56. The molecular formula is C14H14N4OS3. The second-order valence-electron chi connectivity index (χ2n) is 4.21. The third-order valence-electron chi connectivity index (χ3n) is 2.58. The number of rotatable bonds is 6. The van der Waals surface area contributed by atoms with Gasteiger partial charge in [0, 0.05) is 5.69 Å². The minimum Gasteiger partial charge on any atom is -0.325 e. The van der Waals surface area contributed by atoms with Gasteiger partial charge in [-0.1, -0.05) is 41.8 Å². The van der Waals surface area contributed by atoms with E-state index < -0.39 is 0 Å². The van der Waals surface area contributed by atoms with Crippen LogP contribution in [0.1, 0.15) is 19.4 Å². The van der Waals surface area contributed by atoms with Gasteiger partial charge in [-0.25, -0.2) is 0 Å². The first-order chi connectivity index (χ1) is 10.6. The van der Waals surface area contributed by atoms with Gasteiger partial charge in [0.1, 0.15) is 0 Å². The lowest BCUT2D eigenvalue weighted by atomic mass is 10.2. The molecule has 0 aliphatic rings. The quantitative estimate of drug-likeness (QED) is 0.801. The van der Waals surface area contributed by atoms with Crippen LogP contribution >= 0.6 is 34.9 Å². The van der Waals surface area contributed by atoms with Crippen LogP contribution in [0, 0.1) is 11.3 Å². The highest BCUT2D eigenvalue weighted by Crippen LogP contribution is 2.31. The van der Waals surface area contributed by atoms with Gasteiger partial charge in [0.25, 0.3) is 0 Å². The third-order valence-corrected chi connectivity index (χ3v) is 5.71. The lowest BCUT2D eigenvalue weighted by Crippen LogP contribution is -2.22. The number of amides is 1. The van der Waals surface area contributed by atoms with E-state index >= 15 is 0 Å². The average Bonchev–Trinajstić information content (AvgIpc) is 2.95. The zero-order valence-electron chi connectivity index (χ0n) is 12.1. The van der Waals surface area contributed by atoms with Gasteiger partial charge in [0.15, 0.2) is 8.68 Å². The summed E-state index contributed by atoms with van der Waals surface area (Å²) in [4.78, 5) is 12.2. The van der Waals surface area contributed by atoms with Crippen LogP contribution in [-0.2, 0) is 4.79 Å². The maximum absolute atomic E-state index is 12.2. The van der Waals surface area contributed by atoms with E-state index in [4.69, 9.17) is 5.26 Å². The van der Waals surface area contributed by atoms with E-state index in [-0.39, 0.29) is 11.2 Å². The molecule has 0 saturated carbocycles. The number of benzene rings is 1. The summed E-state index contributed by atoms with van der Waals surface area (Å²) in [6.07, 6.45) is 0. The Balaban J connectivity index is 1.91. The highest BCUT2D eigenvalue weighted by Gasteiger charge is 2.17. The molecule has 1 atom stereocenters. The molecule has 1 amide bonds. The molecule has 0 saturated heterocycles. The maximum Gasteiger partial charge on any atom is 0.237 e. The molecule has 0 bridgehead atoms. The highest BCUT2D eigenvalue weighted by atomic mass is 32.2. The van der Waals surface area contributed by atoms with Crippen molar-refractivity contribution in [3.05, 3.63) is 29.8 Å². The smallest absolute Gasteiger partial charge is 0.237 e. The van der Waals surface area contributed by atoms with Crippen molar-refractivity contribution in [1.82, 2.24) is 10.2 Å². The highest BCUT2D eigenvalue weighted by molar-refractivity contribution is 8.03. The summed E-state index contributed by atoms with van der Waals surface area (Å²) < 4.78 is 1.71. The topological polar surface area (TPSA) is 78.7 Å². The number of thioether (sulfide) groups is 2. The predicted octanol–water partition coefficient (Wildman–Crippen LogP) is 3.64. The van der Waals surface area contributed by atoms with E-state index in [1.165, 1.54) is 23.1 Å². The number of nitriles is 1. The fourth-order valence-electron chi connectivity index (χ4n) is 1.50. The van der Waals surface area contributed by atoms with Crippen molar-refractivity contribution in [3.63, 3.8) is 0 Å². The summed E-state index contributed by atoms with van der Waals surface area (Å²) in [5.74, 6) is 0.850. The molecule has 1 N–H and O–H groups in total. The van der Waals surface area contributed by atoms with Crippen molar-refractivity contribution in [1.29, 1.82) is 5.26 Å². The van der Waals surface area contributed by atoms with E-state index in [0.29, 0.717) is 11.3 Å². The summed E-state index contributed by atoms with van der Waals surface area (Å²) >= 11 is 4.54. The van der Waals surface area contributed by atoms with E-state index in [9.17, 15) is 4.79 Å². The number of hydrogen-bond donors (Lipinski definition) is 1. The van der Waals surface area contributed by atoms with Gasteiger partial charge in [-0.3, -0.25) is 4.79 Å². The summed E-state index contributed by atoms with van der Waals surface area (Å²) in [5.41, 5.74) is 1.24. The molecule has 8 heteroatoms. The standard InChI is InChI=1S/C14H14N4OS3/c1-3-20-13-17-18-14(22-13)21-9(2)12(19)16-11-6-4-10(8-15)5-7-11/h4-7,9H,3H2,1-2H3,(H,16,19)/t9-/m0/s1. The van der Waals surface area contributed by atoms with Crippen molar-refractivity contribution in [2.75, 3.05) is 11.1 Å². The second-order valence-corrected chi connectivity index (χ2v) is 8.28. The first kappa shape index (κ1) is 16.8. The molecule has 1 aromatic carbocycles. The molecule has 0 unspecified atom stereocenters. The van der Waals surface area contributed by atoms with Gasteiger partial charge in [0.2, 0.25) is 5.91 Å². The normalized spacial score (nSPS) is 11.7. The van der Waals surface area contributed by atoms with Crippen LogP contribution in [0.5, 0.6) is 0 Å². The Labute approximate surface area is 141 Å². The molecule has 0 radical (unpaired) electrons. The van der Waals surface area contributed by atoms with Crippen LogP contribution in [0.25, 0.3) is 0 Å². The Morgan fingerprint density at radius 2 is 2.05 bits per heavy atom. The predicted molar refractivity (Wildman–Crippen MR) is 91.4 cm³/mol. The number of aromatic nitrogens is 2. The van der Waals surface area contributed by atoms with Gasteiger partial charge in [-0.2, -0.15) is 5.26 Å². The van der Waals surface area contributed by atoms with Crippen LogP contribution in [0.15, 0.2) is 32.9 Å². The zero-order chi connectivity index (χ0) is 15.9. The number of carbonyl (C=O) groups excluding carboxylic acids is 1. The molecule has 0 aliphatic heterocycles. The van der Waals surface area contributed by atoms with Gasteiger partial charge in [0.05, 0.1) is 16.9 Å². The van der Waals surface area contributed by atoms with Gasteiger partial charge in [-0.15, -0.1) is 10.2 Å². The lowest BCUT2D eigenvalue weighted by Gasteiger charge is -2.10. The minimum absolute atomic E-state index is 0.102. The molecule has 0 fully saturated rings. The number of nitrogens with zero attached hydrogens (tertiary/aromatic N) is 3. The number of anilines is 1. The average molecular weight is 350 g/mol. The molecule has 2 aromatic rings. The molecule has 1 heterocycles. The molecule has 22 heavy (non-hydrogen) atoms. The molecule has 5 nitrogen and oxygen atoms in total. The van der Waals surface area contributed by atoms with Gasteiger partial charge >= 0.3 is 0 Å². The van der Waals surface area contributed by atoms with E-state index in [2.05, 4.69) is 22.4 Å². The zero-order valence-corrected chi connectivity index (χ0v) is 14.5. The fraction of sp³-hybridized carbons (Fsp3) is 0.286. The molecule has 114 valence electrons. The van der Waals surface area contributed by atoms with Crippen molar-refractivity contribution < 1.29 is 4.79 Å². The molecule has 1 aromatic heterocycles.